The van der Waals surface area contributed by atoms with Crippen molar-refractivity contribution in [3.8, 4) is 0 Å². The van der Waals surface area contributed by atoms with Gasteiger partial charge in [0.1, 0.15) is 0 Å². The molecule has 5 nitrogen and oxygen atoms in total. The van der Waals surface area contributed by atoms with Gasteiger partial charge in [-0.2, -0.15) is 0 Å². The zero-order chi connectivity index (χ0) is 14.9. The molecule has 116 valence electrons. The molecule has 2 N–H and O–H groups in total. The Hall–Kier alpha value is -1.59. The van der Waals surface area contributed by atoms with Crippen LogP contribution in [0, 0.1) is 6.92 Å². The molecule has 0 atom stereocenters. The van der Waals surface area contributed by atoms with Gasteiger partial charge in [0.2, 0.25) is 0 Å². The minimum absolute atomic E-state index is 0.789. The van der Waals surface area contributed by atoms with Crippen LogP contribution in [0.2, 0.25) is 0 Å². The molecule has 0 unspecified atom stereocenters. The maximum Gasteiger partial charge on any atom is 0.191 e. The summed E-state index contributed by atoms with van der Waals surface area (Å²) in [6, 6.07) is 8.55. The predicted molar refractivity (Wildman–Crippen MR) is 86.6 cm³/mol. The third-order valence-electron chi connectivity index (χ3n) is 3.63. The first kappa shape index (κ1) is 15.8. The quantitative estimate of drug-likeness (QED) is 0.627. The van der Waals surface area contributed by atoms with E-state index in [1.807, 2.05) is 0 Å². The van der Waals surface area contributed by atoms with Gasteiger partial charge in [-0.25, -0.2) is 0 Å². The molecule has 0 spiro atoms. The van der Waals surface area contributed by atoms with Crippen molar-refractivity contribution in [2.45, 2.75) is 13.5 Å². The fraction of sp³-hybridized carbons (Fsp3) is 0.562. The van der Waals surface area contributed by atoms with Gasteiger partial charge < -0.3 is 15.4 Å². The lowest BCUT2D eigenvalue weighted by Crippen LogP contribution is -2.44. The SMILES string of the molecule is CN=C(NCCN1CCOCC1)NCc1ccc(C)cc1. The summed E-state index contributed by atoms with van der Waals surface area (Å²) in [4.78, 5) is 6.66. The van der Waals surface area contributed by atoms with Crippen LogP contribution in [0.3, 0.4) is 0 Å². The van der Waals surface area contributed by atoms with Crippen LogP contribution >= 0.6 is 0 Å². The molecule has 1 aromatic carbocycles. The van der Waals surface area contributed by atoms with E-state index >= 15 is 0 Å². The summed E-state index contributed by atoms with van der Waals surface area (Å²) >= 11 is 0. The minimum Gasteiger partial charge on any atom is -0.379 e. The molecule has 1 heterocycles. The van der Waals surface area contributed by atoms with Crippen molar-refractivity contribution in [2.75, 3.05) is 46.4 Å². The van der Waals surface area contributed by atoms with Gasteiger partial charge in [0.05, 0.1) is 13.2 Å². The lowest BCUT2D eigenvalue weighted by atomic mass is 10.1. The molecule has 0 radical (unpaired) electrons. The number of aryl methyl sites for hydroxylation is 1. The van der Waals surface area contributed by atoms with Crippen LogP contribution in [0.4, 0.5) is 0 Å². The molecule has 1 saturated heterocycles. The predicted octanol–water partition coefficient (Wildman–Crippen LogP) is 0.992. The highest BCUT2D eigenvalue weighted by Gasteiger charge is 2.09. The number of hydrogen-bond donors (Lipinski definition) is 2. The number of guanidine groups is 1. The topological polar surface area (TPSA) is 48.9 Å². The largest absolute Gasteiger partial charge is 0.379 e. The molecule has 1 fully saturated rings. The fourth-order valence-corrected chi connectivity index (χ4v) is 2.27. The third-order valence-corrected chi connectivity index (χ3v) is 3.63. The fourth-order valence-electron chi connectivity index (χ4n) is 2.27. The molecule has 2 rings (SSSR count). The molecule has 1 aromatic rings. The lowest BCUT2D eigenvalue weighted by molar-refractivity contribution is 0.0389. The van der Waals surface area contributed by atoms with Crippen molar-refractivity contribution in [1.29, 1.82) is 0 Å². The number of ether oxygens (including phenoxy) is 1. The average Bonchev–Trinajstić information content (AvgIpc) is 2.53. The van der Waals surface area contributed by atoms with Crippen LogP contribution < -0.4 is 10.6 Å². The van der Waals surface area contributed by atoms with Crippen LogP contribution in [-0.2, 0) is 11.3 Å². The van der Waals surface area contributed by atoms with Crippen LogP contribution in [0.5, 0.6) is 0 Å². The van der Waals surface area contributed by atoms with Gasteiger partial charge >= 0.3 is 0 Å². The Kier molecular flexibility index (Phi) is 6.50. The molecular formula is C16H26N4O. The molecule has 5 heteroatoms. The second-order valence-corrected chi connectivity index (χ2v) is 5.29. The first-order valence-corrected chi connectivity index (χ1v) is 7.58. The van der Waals surface area contributed by atoms with Gasteiger partial charge in [0, 0.05) is 39.8 Å². The molecule has 21 heavy (non-hydrogen) atoms. The first-order chi connectivity index (χ1) is 10.3. The number of nitrogens with one attached hydrogen (secondary N) is 2. The van der Waals surface area contributed by atoms with Crippen molar-refractivity contribution in [3.05, 3.63) is 35.4 Å². The highest BCUT2D eigenvalue weighted by Crippen LogP contribution is 2.02. The highest BCUT2D eigenvalue weighted by atomic mass is 16.5. The average molecular weight is 290 g/mol. The maximum absolute atomic E-state index is 5.35. The Bertz CT molecular complexity index is 438. The Balaban J connectivity index is 1.67. The number of morpholine rings is 1. The molecule has 0 bridgehead atoms. The first-order valence-electron chi connectivity index (χ1n) is 7.58. The van der Waals surface area contributed by atoms with Crippen molar-refractivity contribution < 1.29 is 4.74 Å². The van der Waals surface area contributed by atoms with E-state index in [1.165, 1.54) is 11.1 Å². The highest BCUT2D eigenvalue weighted by molar-refractivity contribution is 5.79. The molecular weight excluding hydrogens is 264 g/mol. The Labute approximate surface area is 127 Å². The van der Waals surface area contributed by atoms with Crippen LogP contribution in [0.1, 0.15) is 11.1 Å². The van der Waals surface area contributed by atoms with Gasteiger partial charge in [-0.3, -0.25) is 9.89 Å². The van der Waals surface area contributed by atoms with Gasteiger partial charge in [-0.05, 0) is 12.5 Å². The smallest absolute Gasteiger partial charge is 0.191 e. The van der Waals surface area contributed by atoms with E-state index in [2.05, 4.69) is 51.7 Å². The Morgan fingerprint density at radius 3 is 2.57 bits per heavy atom. The zero-order valence-electron chi connectivity index (χ0n) is 13.1. The van der Waals surface area contributed by atoms with Crippen LogP contribution in [0.15, 0.2) is 29.3 Å². The normalized spacial score (nSPS) is 16.8. The van der Waals surface area contributed by atoms with Crippen molar-refractivity contribution in [3.63, 3.8) is 0 Å². The van der Waals surface area contributed by atoms with Gasteiger partial charge in [0.25, 0.3) is 0 Å². The second kappa shape index (κ2) is 8.64. The lowest BCUT2D eigenvalue weighted by Gasteiger charge is -2.26. The van der Waals surface area contributed by atoms with E-state index in [0.717, 1.165) is 51.9 Å². The molecule has 0 saturated carbocycles. The monoisotopic (exact) mass is 290 g/mol. The molecule has 1 aliphatic heterocycles. The summed E-state index contributed by atoms with van der Waals surface area (Å²) in [6.07, 6.45) is 0. The van der Waals surface area contributed by atoms with Crippen molar-refractivity contribution >= 4 is 5.96 Å². The molecule has 0 aliphatic carbocycles. The van der Waals surface area contributed by atoms with E-state index < -0.39 is 0 Å². The Morgan fingerprint density at radius 1 is 1.19 bits per heavy atom. The summed E-state index contributed by atoms with van der Waals surface area (Å²) in [5.41, 5.74) is 2.54. The third kappa shape index (κ3) is 5.73. The summed E-state index contributed by atoms with van der Waals surface area (Å²) in [7, 11) is 1.80. The van der Waals surface area contributed by atoms with Crippen LogP contribution in [0.25, 0.3) is 0 Å². The minimum atomic E-state index is 0.789. The van der Waals surface area contributed by atoms with E-state index in [9.17, 15) is 0 Å². The number of nitrogens with zero attached hydrogens (tertiary/aromatic N) is 2. The molecule has 0 aromatic heterocycles. The van der Waals surface area contributed by atoms with Gasteiger partial charge in [-0.1, -0.05) is 29.8 Å². The summed E-state index contributed by atoms with van der Waals surface area (Å²) < 4.78 is 5.35. The number of hydrogen-bond acceptors (Lipinski definition) is 3. The molecule has 1 aliphatic rings. The molecule has 0 amide bonds. The van der Waals surface area contributed by atoms with Crippen molar-refractivity contribution in [1.82, 2.24) is 15.5 Å². The summed E-state index contributed by atoms with van der Waals surface area (Å²) in [6.45, 7) is 8.55. The summed E-state index contributed by atoms with van der Waals surface area (Å²) in [5, 5.41) is 6.69. The standard InChI is InChI=1S/C16H26N4O/c1-14-3-5-15(6-4-14)13-19-16(17-2)18-7-8-20-9-11-21-12-10-20/h3-6H,7-13H2,1-2H3,(H2,17,18,19). The zero-order valence-corrected chi connectivity index (χ0v) is 13.1. The number of benzene rings is 1. The van der Waals surface area contributed by atoms with Gasteiger partial charge in [-0.15, -0.1) is 0 Å². The Morgan fingerprint density at radius 2 is 1.90 bits per heavy atom. The number of rotatable bonds is 5. The summed E-state index contributed by atoms with van der Waals surface area (Å²) in [5.74, 6) is 0.851. The van der Waals surface area contributed by atoms with E-state index in [-0.39, 0.29) is 0 Å². The van der Waals surface area contributed by atoms with Crippen molar-refractivity contribution in [2.24, 2.45) is 4.99 Å². The van der Waals surface area contributed by atoms with E-state index in [0.29, 0.717) is 0 Å². The van der Waals surface area contributed by atoms with E-state index in [4.69, 9.17) is 4.74 Å². The number of aliphatic imine (C=N–C) groups is 1. The second-order valence-electron chi connectivity index (χ2n) is 5.29. The maximum atomic E-state index is 5.35. The van der Waals surface area contributed by atoms with Crippen LogP contribution in [-0.4, -0.2) is 57.3 Å². The van der Waals surface area contributed by atoms with Gasteiger partial charge in [0.15, 0.2) is 5.96 Å². The van der Waals surface area contributed by atoms with E-state index in [1.54, 1.807) is 7.05 Å².